The van der Waals surface area contributed by atoms with Gasteiger partial charge in [0, 0.05) is 12.0 Å². The van der Waals surface area contributed by atoms with Gasteiger partial charge in [-0.15, -0.1) is 0 Å². The van der Waals surface area contributed by atoms with Gasteiger partial charge in [-0.05, 0) is 45.0 Å². The minimum atomic E-state index is -0.651. The Morgan fingerprint density at radius 2 is 1.91 bits per heavy atom. The monoisotopic (exact) mass is 305 g/mol. The van der Waals surface area contributed by atoms with Crippen molar-refractivity contribution in [3.8, 4) is 5.75 Å². The third-order valence-electron chi connectivity index (χ3n) is 3.19. The van der Waals surface area contributed by atoms with Crippen LogP contribution in [0.15, 0.2) is 24.3 Å². The van der Waals surface area contributed by atoms with Crippen molar-refractivity contribution in [2.75, 3.05) is 5.73 Å². The van der Waals surface area contributed by atoms with Gasteiger partial charge in [0.15, 0.2) is 5.69 Å². The van der Waals surface area contributed by atoms with Crippen LogP contribution in [0.1, 0.15) is 44.0 Å². The Labute approximate surface area is 128 Å². The molecule has 2 N–H and O–H groups in total. The number of nitrogens with zero attached hydrogens (tertiary/aromatic N) is 2. The number of benzene rings is 1. The molecule has 1 aromatic heterocycles. The van der Waals surface area contributed by atoms with E-state index in [0.29, 0.717) is 6.42 Å². The number of carbonyl (C=O) groups excluding carboxylic acids is 1. The number of rotatable bonds is 3. The van der Waals surface area contributed by atoms with Gasteiger partial charge in [0.05, 0.1) is 0 Å². The number of aromatic nitrogens is 2. The van der Waals surface area contributed by atoms with Crippen molar-refractivity contribution in [1.29, 1.82) is 0 Å². The lowest BCUT2D eigenvalue weighted by Gasteiger charge is -2.24. The maximum Gasteiger partial charge on any atom is 0.366 e. The van der Waals surface area contributed by atoms with Crippen LogP contribution in [0.25, 0.3) is 0 Å². The summed E-state index contributed by atoms with van der Waals surface area (Å²) in [7, 11) is 0. The average Bonchev–Trinajstić information content (AvgIpc) is 2.78. The molecule has 0 bridgehead atoms. The molecule has 0 saturated heterocycles. The summed E-state index contributed by atoms with van der Waals surface area (Å²) in [6, 6.07) is 5.20. The second kappa shape index (κ2) is 5.79. The molecule has 0 fully saturated rings. The number of carbonyl (C=O) groups is 1. The number of imidazole rings is 1. The third-order valence-corrected chi connectivity index (χ3v) is 3.19. The smallest absolute Gasteiger partial charge is 0.366 e. The lowest BCUT2D eigenvalue weighted by Crippen LogP contribution is -2.26. The van der Waals surface area contributed by atoms with E-state index >= 15 is 0 Å². The molecule has 0 saturated carbocycles. The van der Waals surface area contributed by atoms with E-state index < -0.39 is 11.8 Å². The van der Waals surface area contributed by atoms with Crippen LogP contribution in [0.2, 0.25) is 0 Å². The van der Waals surface area contributed by atoms with Gasteiger partial charge in [0.25, 0.3) is 0 Å². The summed E-state index contributed by atoms with van der Waals surface area (Å²) >= 11 is 0. The van der Waals surface area contributed by atoms with Crippen molar-refractivity contribution in [1.82, 2.24) is 9.55 Å². The minimum absolute atomic E-state index is 0.0797. The topological polar surface area (TPSA) is 70.1 Å². The molecule has 0 aliphatic rings. The van der Waals surface area contributed by atoms with Crippen molar-refractivity contribution in [2.45, 2.75) is 39.7 Å². The Kier molecular flexibility index (Phi) is 4.21. The summed E-state index contributed by atoms with van der Waals surface area (Å²) < 4.78 is 19.9. The molecule has 0 spiro atoms. The molecule has 0 aliphatic carbocycles. The number of ether oxygens (including phenoxy) is 1. The van der Waals surface area contributed by atoms with Crippen LogP contribution in [0.3, 0.4) is 0 Å². The largest absolute Gasteiger partial charge is 0.422 e. The quantitative estimate of drug-likeness (QED) is 0.698. The molecule has 1 aromatic carbocycles. The highest BCUT2D eigenvalue weighted by molar-refractivity contribution is 5.93. The van der Waals surface area contributed by atoms with Crippen molar-refractivity contribution >= 4 is 11.8 Å². The Morgan fingerprint density at radius 1 is 1.32 bits per heavy atom. The van der Waals surface area contributed by atoms with Crippen molar-refractivity contribution in [3.63, 3.8) is 0 Å². The lowest BCUT2D eigenvalue weighted by molar-refractivity contribution is 0.0730. The van der Waals surface area contributed by atoms with Gasteiger partial charge >= 0.3 is 5.97 Å². The Bertz CT molecular complexity index is 685. The third kappa shape index (κ3) is 3.10. The fourth-order valence-corrected chi connectivity index (χ4v) is 2.28. The fraction of sp³-hybridized carbons (Fsp3) is 0.375. The van der Waals surface area contributed by atoms with E-state index in [4.69, 9.17) is 10.5 Å². The molecule has 0 amide bonds. The summed E-state index contributed by atoms with van der Waals surface area (Å²) in [6.45, 7) is 7.90. The van der Waals surface area contributed by atoms with Gasteiger partial charge in [0.2, 0.25) is 0 Å². The summed E-state index contributed by atoms with van der Waals surface area (Å²) in [5.41, 5.74) is 5.87. The molecular formula is C16H20FN3O2. The number of nitrogens with two attached hydrogens (primary N) is 1. The standard InChI is InChI=1S/C16H20FN3O2/c1-5-12-19-13(14(18)20(12)16(2,3)4)15(21)22-11-8-6-10(17)7-9-11/h6-9H,5,18H2,1-4H3. The zero-order valence-corrected chi connectivity index (χ0v) is 13.2. The normalized spacial score (nSPS) is 11.5. The van der Waals surface area contributed by atoms with Gasteiger partial charge in [-0.1, -0.05) is 6.92 Å². The van der Waals surface area contributed by atoms with Crippen LogP contribution in [-0.2, 0) is 12.0 Å². The Morgan fingerprint density at radius 3 is 2.36 bits per heavy atom. The first kappa shape index (κ1) is 16.0. The SMILES string of the molecule is CCc1nc(C(=O)Oc2ccc(F)cc2)c(N)n1C(C)(C)C. The maximum atomic E-state index is 12.9. The Balaban J connectivity index is 2.34. The van der Waals surface area contributed by atoms with Gasteiger partial charge in [0.1, 0.15) is 23.2 Å². The number of hydrogen-bond acceptors (Lipinski definition) is 4. The van der Waals surface area contributed by atoms with Crippen LogP contribution < -0.4 is 10.5 Å². The van der Waals surface area contributed by atoms with E-state index in [-0.39, 0.29) is 22.8 Å². The van der Waals surface area contributed by atoms with E-state index in [2.05, 4.69) is 4.98 Å². The summed E-state index contributed by atoms with van der Waals surface area (Å²) in [4.78, 5) is 16.6. The highest BCUT2D eigenvalue weighted by atomic mass is 19.1. The van der Waals surface area contributed by atoms with Gasteiger partial charge < -0.3 is 15.0 Å². The second-order valence-electron chi connectivity index (χ2n) is 5.97. The number of hydrogen-bond donors (Lipinski definition) is 1. The molecule has 2 rings (SSSR count). The maximum absolute atomic E-state index is 12.9. The number of halogens is 1. The fourth-order valence-electron chi connectivity index (χ4n) is 2.28. The average molecular weight is 305 g/mol. The van der Waals surface area contributed by atoms with E-state index in [1.54, 1.807) is 0 Å². The van der Waals surface area contributed by atoms with Gasteiger partial charge in [-0.3, -0.25) is 0 Å². The van der Waals surface area contributed by atoms with Gasteiger partial charge in [-0.2, -0.15) is 0 Å². The van der Waals surface area contributed by atoms with E-state index in [0.717, 1.165) is 5.82 Å². The van der Waals surface area contributed by atoms with E-state index in [1.165, 1.54) is 24.3 Å². The molecular weight excluding hydrogens is 285 g/mol. The Hall–Kier alpha value is -2.37. The number of aryl methyl sites for hydroxylation is 1. The predicted molar refractivity (Wildman–Crippen MR) is 82.4 cm³/mol. The summed E-state index contributed by atoms with van der Waals surface area (Å²) in [5.74, 6) is 0.188. The molecule has 0 atom stereocenters. The van der Waals surface area contributed by atoms with Crippen LogP contribution in [0.4, 0.5) is 10.2 Å². The van der Waals surface area contributed by atoms with Crippen molar-refractivity contribution < 1.29 is 13.9 Å². The molecule has 22 heavy (non-hydrogen) atoms. The molecule has 2 aromatic rings. The highest BCUT2D eigenvalue weighted by Crippen LogP contribution is 2.26. The predicted octanol–water partition coefficient (Wildman–Crippen LogP) is 3.14. The molecule has 1 heterocycles. The number of anilines is 1. The van der Waals surface area contributed by atoms with Crippen molar-refractivity contribution in [3.05, 3.63) is 41.6 Å². The highest BCUT2D eigenvalue weighted by Gasteiger charge is 2.27. The molecule has 6 heteroatoms. The van der Waals surface area contributed by atoms with Crippen LogP contribution in [0.5, 0.6) is 5.75 Å². The number of nitrogen functional groups attached to an aromatic ring is 1. The van der Waals surface area contributed by atoms with Crippen molar-refractivity contribution in [2.24, 2.45) is 0 Å². The summed E-state index contributed by atoms with van der Waals surface area (Å²) in [5, 5.41) is 0. The lowest BCUT2D eigenvalue weighted by atomic mass is 10.1. The molecule has 5 nitrogen and oxygen atoms in total. The second-order valence-corrected chi connectivity index (χ2v) is 5.97. The molecule has 118 valence electrons. The summed E-state index contributed by atoms with van der Waals surface area (Å²) in [6.07, 6.45) is 0.644. The van der Waals surface area contributed by atoms with E-state index in [9.17, 15) is 9.18 Å². The van der Waals surface area contributed by atoms with Gasteiger partial charge in [-0.25, -0.2) is 14.2 Å². The first-order valence-corrected chi connectivity index (χ1v) is 7.09. The molecule has 0 aliphatic heterocycles. The first-order valence-electron chi connectivity index (χ1n) is 7.09. The zero-order valence-electron chi connectivity index (χ0n) is 13.2. The molecule has 0 unspecified atom stereocenters. The molecule has 0 radical (unpaired) electrons. The van der Waals surface area contributed by atoms with Crippen LogP contribution in [0, 0.1) is 5.82 Å². The number of esters is 1. The van der Waals surface area contributed by atoms with Crippen LogP contribution in [-0.4, -0.2) is 15.5 Å². The zero-order chi connectivity index (χ0) is 16.5. The van der Waals surface area contributed by atoms with E-state index in [1.807, 2.05) is 32.3 Å². The van der Waals surface area contributed by atoms with Crippen LogP contribution >= 0.6 is 0 Å². The first-order chi connectivity index (χ1) is 10.2. The minimum Gasteiger partial charge on any atom is -0.422 e.